The molecule has 0 bridgehead atoms. The lowest BCUT2D eigenvalue weighted by molar-refractivity contribution is 0.0937. The number of nitrogens with zero attached hydrogens (tertiary/aromatic N) is 5. The van der Waals surface area contributed by atoms with Gasteiger partial charge in [0.2, 0.25) is 0 Å². The molecule has 1 amide bonds. The Labute approximate surface area is 207 Å². The van der Waals surface area contributed by atoms with Crippen molar-refractivity contribution in [2.75, 3.05) is 5.32 Å². The number of aromatic nitrogens is 5. The van der Waals surface area contributed by atoms with E-state index in [0.717, 1.165) is 11.4 Å². The van der Waals surface area contributed by atoms with Crippen molar-refractivity contribution in [1.29, 1.82) is 0 Å². The second-order valence-corrected chi connectivity index (χ2v) is 8.81. The van der Waals surface area contributed by atoms with Crippen LogP contribution in [0.25, 0.3) is 22.9 Å². The largest absolute Gasteiger partial charge is 0.377 e. The summed E-state index contributed by atoms with van der Waals surface area (Å²) >= 11 is 0. The minimum Gasteiger partial charge on any atom is -0.377 e. The molecular weight excluding hydrogens is 457 g/mol. The molecule has 5 aromatic rings. The Balaban J connectivity index is 1.57. The first kappa shape index (κ1) is 23.2. The van der Waals surface area contributed by atoms with Crippen molar-refractivity contribution in [2.24, 2.45) is 0 Å². The van der Waals surface area contributed by atoms with E-state index >= 15 is 0 Å². The molecule has 0 saturated heterocycles. The van der Waals surface area contributed by atoms with Crippen LogP contribution < -0.4 is 10.6 Å². The SMILES string of the molecule is Cc1cccc(-c2nc(CNc3ccccc3F)cn2-c2ccc3ncc(C(=O)NC(C)C)n3c2)n1. The lowest BCUT2D eigenvalue weighted by Gasteiger charge is -2.11. The van der Waals surface area contributed by atoms with E-state index in [2.05, 4.69) is 20.6 Å². The first-order valence-electron chi connectivity index (χ1n) is 11.7. The van der Waals surface area contributed by atoms with Gasteiger partial charge in [-0.25, -0.2) is 19.3 Å². The molecule has 8 nitrogen and oxygen atoms in total. The van der Waals surface area contributed by atoms with Gasteiger partial charge in [-0.3, -0.25) is 13.8 Å². The molecule has 1 aromatic carbocycles. The van der Waals surface area contributed by atoms with Crippen molar-refractivity contribution in [2.45, 2.75) is 33.4 Å². The third kappa shape index (κ3) is 4.68. The summed E-state index contributed by atoms with van der Waals surface area (Å²) in [5, 5.41) is 6.03. The van der Waals surface area contributed by atoms with Gasteiger partial charge in [-0.1, -0.05) is 18.2 Å². The van der Waals surface area contributed by atoms with Crippen LogP contribution in [0.4, 0.5) is 10.1 Å². The quantitative estimate of drug-likeness (QED) is 0.348. The third-order valence-corrected chi connectivity index (χ3v) is 5.63. The van der Waals surface area contributed by atoms with E-state index < -0.39 is 0 Å². The molecule has 0 aliphatic heterocycles. The van der Waals surface area contributed by atoms with Crippen LogP contribution in [0.15, 0.2) is 73.2 Å². The zero-order valence-electron chi connectivity index (χ0n) is 20.2. The normalized spacial score (nSPS) is 11.2. The first-order chi connectivity index (χ1) is 17.4. The highest BCUT2D eigenvalue weighted by atomic mass is 19.1. The molecule has 182 valence electrons. The number of carbonyl (C=O) groups excluding carboxylic acids is 1. The Morgan fingerprint density at radius 3 is 2.64 bits per heavy atom. The second kappa shape index (κ2) is 9.61. The summed E-state index contributed by atoms with van der Waals surface area (Å²) < 4.78 is 17.8. The van der Waals surface area contributed by atoms with Gasteiger partial charge in [0.05, 0.1) is 29.8 Å². The number of carbonyl (C=O) groups is 1. The maximum Gasteiger partial charge on any atom is 0.270 e. The summed E-state index contributed by atoms with van der Waals surface area (Å²) in [6.07, 6.45) is 5.31. The molecule has 0 spiro atoms. The topological polar surface area (TPSA) is 89.1 Å². The zero-order chi connectivity index (χ0) is 25.2. The Hall–Kier alpha value is -4.53. The van der Waals surface area contributed by atoms with Gasteiger partial charge < -0.3 is 10.6 Å². The number of anilines is 1. The molecule has 0 saturated carbocycles. The molecule has 0 radical (unpaired) electrons. The van der Waals surface area contributed by atoms with Gasteiger partial charge in [0.15, 0.2) is 5.82 Å². The number of hydrogen-bond donors (Lipinski definition) is 2. The van der Waals surface area contributed by atoms with E-state index in [9.17, 15) is 9.18 Å². The number of para-hydroxylation sites is 1. The van der Waals surface area contributed by atoms with E-state index in [-0.39, 0.29) is 17.8 Å². The van der Waals surface area contributed by atoms with E-state index in [0.29, 0.717) is 40.8 Å². The second-order valence-electron chi connectivity index (χ2n) is 8.81. The fourth-order valence-electron chi connectivity index (χ4n) is 3.97. The van der Waals surface area contributed by atoms with Gasteiger partial charge >= 0.3 is 0 Å². The fourth-order valence-corrected chi connectivity index (χ4v) is 3.97. The standard InChI is InChI=1S/C27H26FN7O/c1-17(2)31-27(36)24-14-30-25-12-11-20(16-35(24)25)34-15-19(13-29-22-9-5-4-8-21(22)28)33-26(34)23-10-6-7-18(3)32-23/h4-12,14-17,29H,13H2,1-3H3,(H,31,36). The van der Waals surface area contributed by atoms with Crippen LogP contribution in [0, 0.1) is 12.7 Å². The monoisotopic (exact) mass is 483 g/mol. The summed E-state index contributed by atoms with van der Waals surface area (Å²) in [5.41, 5.74) is 4.56. The number of fused-ring (bicyclic) bond motifs is 1. The maximum atomic E-state index is 14.1. The molecular formula is C27H26FN7O. The highest BCUT2D eigenvalue weighted by Crippen LogP contribution is 2.24. The summed E-state index contributed by atoms with van der Waals surface area (Å²) in [6.45, 7) is 6.07. The molecule has 2 N–H and O–H groups in total. The minimum absolute atomic E-state index is 0.00314. The molecule has 36 heavy (non-hydrogen) atoms. The van der Waals surface area contributed by atoms with Gasteiger partial charge in [0.25, 0.3) is 5.91 Å². The third-order valence-electron chi connectivity index (χ3n) is 5.63. The van der Waals surface area contributed by atoms with Crippen molar-refractivity contribution in [3.8, 4) is 17.2 Å². The maximum absolute atomic E-state index is 14.1. The lowest BCUT2D eigenvalue weighted by Crippen LogP contribution is -2.30. The fraction of sp³-hybridized carbons (Fsp3) is 0.185. The van der Waals surface area contributed by atoms with Crippen LogP contribution in [0.2, 0.25) is 0 Å². The number of pyridine rings is 2. The van der Waals surface area contributed by atoms with E-state index in [4.69, 9.17) is 4.98 Å². The first-order valence-corrected chi connectivity index (χ1v) is 11.7. The number of amides is 1. The number of nitrogens with one attached hydrogen (secondary N) is 2. The van der Waals surface area contributed by atoms with Crippen LogP contribution in [0.1, 0.15) is 35.7 Å². The Kier molecular flexibility index (Phi) is 6.20. The number of imidazole rings is 2. The summed E-state index contributed by atoms with van der Waals surface area (Å²) in [6, 6.07) is 16.1. The van der Waals surface area contributed by atoms with Gasteiger partial charge in [-0.2, -0.15) is 0 Å². The predicted octanol–water partition coefficient (Wildman–Crippen LogP) is 4.78. The Bertz CT molecular complexity index is 1550. The molecule has 0 unspecified atom stereocenters. The molecule has 0 aliphatic carbocycles. The van der Waals surface area contributed by atoms with Crippen molar-refractivity contribution >= 4 is 17.2 Å². The van der Waals surface area contributed by atoms with Crippen LogP contribution in [0.5, 0.6) is 0 Å². The average molecular weight is 484 g/mol. The van der Waals surface area contributed by atoms with Gasteiger partial charge in [0, 0.05) is 24.1 Å². The van der Waals surface area contributed by atoms with Gasteiger partial charge in [0.1, 0.15) is 22.9 Å². The molecule has 0 atom stereocenters. The van der Waals surface area contributed by atoms with Gasteiger partial charge in [-0.05, 0) is 57.2 Å². The number of hydrogen-bond acceptors (Lipinski definition) is 5. The zero-order valence-corrected chi connectivity index (χ0v) is 20.2. The highest BCUT2D eigenvalue weighted by molar-refractivity contribution is 5.93. The summed E-state index contributed by atoms with van der Waals surface area (Å²) in [7, 11) is 0. The molecule has 5 rings (SSSR count). The molecule has 4 aromatic heterocycles. The smallest absolute Gasteiger partial charge is 0.270 e. The predicted molar refractivity (Wildman–Crippen MR) is 137 cm³/mol. The number of rotatable bonds is 7. The molecule has 0 fully saturated rings. The molecule has 0 aliphatic rings. The van der Waals surface area contributed by atoms with Crippen LogP contribution in [-0.2, 0) is 6.54 Å². The van der Waals surface area contributed by atoms with Crippen LogP contribution in [0.3, 0.4) is 0 Å². The number of benzene rings is 1. The Morgan fingerprint density at radius 2 is 1.86 bits per heavy atom. The number of aryl methyl sites for hydroxylation is 1. The average Bonchev–Trinajstić information content (AvgIpc) is 3.47. The van der Waals surface area contributed by atoms with Gasteiger partial charge in [-0.15, -0.1) is 0 Å². The van der Waals surface area contributed by atoms with E-state index in [1.165, 1.54) is 6.07 Å². The van der Waals surface area contributed by atoms with Crippen molar-refractivity contribution in [3.63, 3.8) is 0 Å². The molecule has 4 heterocycles. The van der Waals surface area contributed by atoms with E-state index in [1.54, 1.807) is 28.8 Å². The number of halogens is 1. The van der Waals surface area contributed by atoms with Crippen molar-refractivity contribution in [1.82, 2.24) is 29.2 Å². The van der Waals surface area contributed by atoms with Crippen molar-refractivity contribution in [3.05, 3.63) is 96.1 Å². The Morgan fingerprint density at radius 1 is 1.03 bits per heavy atom. The summed E-state index contributed by atoms with van der Waals surface area (Å²) in [5.74, 6) is 0.114. The highest BCUT2D eigenvalue weighted by Gasteiger charge is 2.17. The minimum atomic E-state index is -0.324. The van der Waals surface area contributed by atoms with Crippen molar-refractivity contribution < 1.29 is 9.18 Å². The summed E-state index contributed by atoms with van der Waals surface area (Å²) in [4.78, 5) is 26.6. The van der Waals surface area contributed by atoms with Crippen LogP contribution in [-0.4, -0.2) is 35.9 Å². The molecule has 9 heteroatoms. The van der Waals surface area contributed by atoms with Crippen LogP contribution >= 0.6 is 0 Å². The lowest BCUT2D eigenvalue weighted by atomic mass is 10.3. The van der Waals surface area contributed by atoms with E-state index in [1.807, 2.05) is 68.1 Å².